The molecule has 0 saturated heterocycles. The lowest BCUT2D eigenvalue weighted by Gasteiger charge is -2.25. The number of aromatic nitrogens is 2. The smallest absolute Gasteiger partial charge is 0.266 e. The maximum atomic E-state index is 11.4. The number of nitrogens with one attached hydrogen (secondary N) is 2. The normalized spacial score (nSPS) is 11.5. The number of aliphatic hydroxyl groups excluding tert-OH is 1. The third kappa shape index (κ3) is 4.63. The van der Waals surface area contributed by atoms with Crippen LogP contribution in [0.5, 0.6) is 0 Å². The lowest BCUT2D eigenvalue weighted by Crippen LogP contribution is -2.25. The Morgan fingerprint density at radius 1 is 1.59 bits per heavy atom. The van der Waals surface area contributed by atoms with Crippen molar-refractivity contribution in [1.29, 1.82) is 0 Å². The standard InChI is InChI=1S/C11H18IN3O2/c1-11(2,4-3-5-16)6-13-9-8(12)10(17)15-7-14-9/h7,16H,3-6H2,1-2H3,(H2,13,14,15,17). The average Bonchev–Trinajstić information content (AvgIpc) is 2.29. The molecule has 0 spiro atoms. The molecule has 96 valence electrons. The minimum Gasteiger partial charge on any atom is -0.396 e. The summed E-state index contributed by atoms with van der Waals surface area (Å²) in [5, 5.41) is 12.0. The van der Waals surface area contributed by atoms with Crippen LogP contribution in [0, 0.1) is 8.99 Å². The molecule has 0 unspecified atom stereocenters. The molecule has 0 fully saturated rings. The first kappa shape index (κ1) is 14.4. The molecule has 6 heteroatoms. The van der Waals surface area contributed by atoms with Crippen molar-refractivity contribution in [1.82, 2.24) is 9.97 Å². The number of anilines is 1. The van der Waals surface area contributed by atoms with E-state index < -0.39 is 0 Å². The molecule has 0 atom stereocenters. The van der Waals surface area contributed by atoms with Crippen molar-refractivity contribution in [3.05, 3.63) is 20.3 Å². The van der Waals surface area contributed by atoms with Gasteiger partial charge in [-0.15, -0.1) is 0 Å². The minimum atomic E-state index is -0.128. The molecule has 0 aromatic carbocycles. The molecule has 1 aromatic heterocycles. The van der Waals surface area contributed by atoms with Crippen molar-refractivity contribution < 1.29 is 5.11 Å². The van der Waals surface area contributed by atoms with Crippen LogP contribution in [0.4, 0.5) is 5.82 Å². The molecule has 0 amide bonds. The van der Waals surface area contributed by atoms with Gasteiger partial charge in [0.2, 0.25) is 0 Å². The molecule has 1 rings (SSSR count). The van der Waals surface area contributed by atoms with Crippen LogP contribution in [-0.4, -0.2) is 28.2 Å². The molecule has 5 nitrogen and oxygen atoms in total. The van der Waals surface area contributed by atoms with Crippen molar-refractivity contribution in [2.45, 2.75) is 26.7 Å². The number of aromatic amines is 1. The number of aliphatic hydroxyl groups is 1. The predicted octanol–water partition coefficient (Wildman–Crippen LogP) is 1.59. The number of rotatable bonds is 6. The van der Waals surface area contributed by atoms with Crippen LogP contribution in [0.3, 0.4) is 0 Å². The Morgan fingerprint density at radius 3 is 2.94 bits per heavy atom. The van der Waals surface area contributed by atoms with Gasteiger partial charge in [0.15, 0.2) is 0 Å². The van der Waals surface area contributed by atoms with Crippen LogP contribution in [0.25, 0.3) is 0 Å². The second-order valence-electron chi connectivity index (χ2n) is 4.74. The van der Waals surface area contributed by atoms with E-state index in [2.05, 4.69) is 29.1 Å². The zero-order valence-electron chi connectivity index (χ0n) is 10.1. The van der Waals surface area contributed by atoms with Crippen LogP contribution in [0.2, 0.25) is 0 Å². The van der Waals surface area contributed by atoms with Gasteiger partial charge in [-0.1, -0.05) is 13.8 Å². The van der Waals surface area contributed by atoms with E-state index in [1.165, 1.54) is 6.33 Å². The highest BCUT2D eigenvalue weighted by atomic mass is 127. The van der Waals surface area contributed by atoms with E-state index in [0.29, 0.717) is 9.39 Å². The summed E-state index contributed by atoms with van der Waals surface area (Å²) in [5.74, 6) is 0.617. The Morgan fingerprint density at radius 2 is 2.29 bits per heavy atom. The zero-order chi connectivity index (χ0) is 12.9. The first-order chi connectivity index (χ1) is 7.96. The highest BCUT2D eigenvalue weighted by molar-refractivity contribution is 14.1. The Hall–Kier alpha value is -0.630. The van der Waals surface area contributed by atoms with Crippen LogP contribution in [0.15, 0.2) is 11.1 Å². The highest BCUT2D eigenvalue weighted by Crippen LogP contribution is 2.23. The van der Waals surface area contributed by atoms with Crippen molar-refractivity contribution in [3.63, 3.8) is 0 Å². The van der Waals surface area contributed by atoms with E-state index in [1.54, 1.807) is 0 Å². The first-order valence-electron chi connectivity index (χ1n) is 5.54. The van der Waals surface area contributed by atoms with Crippen LogP contribution in [-0.2, 0) is 0 Å². The summed E-state index contributed by atoms with van der Waals surface area (Å²) in [6, 6.07) is 0. The monoisotopic (exact) mass is 351 g/mol. The van der Waals surface area contributed by atoms with E-state index in [9.17, 15) is 4.79 Å². The summed E-state index contributed by atoms with van der Waals surface area (Å²) < 4.78 is 0.572. The van der Waals surface area contributed by atoms with Gasteiger partial charge >= 0.3 is 0 Å². The third-order valence-corrected chi connectivity index (χ3v) is 3.54. The van der Waals surface area contributed by atoms with Crippen molar-refractivity contribution >= 4 is 28.4 Å². The van der Waals surface area contributed by atoms with Crippen molar-refractivity contribution in [2.75, 3.05) is 18.5 Å². The molecular formula is C11H18IN3O2. The van der Waals surface area contributed by atoms with Crippen LogP contribution >= 0.6 is 22.6 Å². The first-order valence-corrected chi connectivity index (χ1v) is 6.62. The van der Waals surface area contributed by atoms with Crippen LogP contribution in [0.1, 0.15) is 26.7 Å². The number of nitrogens with zero attached hydrogens (tertiary/aromatic N) is 1. The van der Waals surface area contributed by atoms with Gasteiger partial charge < -0.3 is 15.4 Å². The number of hydrogen-bond acceptors (Lipinski definition) is 4. The highest BCUT2D eigenvalue weighted by Gasteiger charge is 2.18. The third-order valence-electron chi connectivity index (χ3n) is 2.54. The van der Waals surface area contributed by atoms with Gasteiger partial charge in [-0.2, -0.15) is 0 Å². The topological polar surface area (TPSA) is 78.0 Å². The molecule has 0 saturated carbocycles. The fraction of sp³-hybridized carbons (Fsp3) is 0.636. The largest absolute Gasteiger partial charge is 0.396 e. The Bertz CT molecular complexity index is 417. The van der Waals surface area contributed by atoms with Gasteiger partial charge in [0.1, 0.15) is 9.39 Å². The van der Waals surface area contributed by atoms with Gasteiger partial charge in [-0.25, -0.2) is 4.98 Å². The molecule has 1 aromatic rings. The van der Waals surface area contributed by atoms with Gasteiger partial charge in [0.05, 0.1) is 6.33 Å². The molecule has 0 bridgehead atoms. The molecule has 0 aliphatic carbocycles. The molecule has 3 N–H and O–H groups in total. The maximum absolute atomic E-state index is 11.4. The Kier molecular flexibility index (Phi) is 5.38. The Balaban J connectivity index is 2.61. The van der Waals surface area contributed by atoms with Gasteiger partial charge in [-0.05, 0) is 40.8 Å². The van der Waals surface area contributed by atoms with E-state index >= 15 is 0 Å². The molecular weight excluding hydrogens is 333 g/mol. The summed E-state index contributed by atoms with van der Waals surface area (Å²) >= 11 is 1.98. The minimum absolute atomic E-state index is 0.0656. The van der Waals surface area contributed by atoms with Gasteiger partial charge in [0.25, 0.3) is 5.56 Å². The van der Waals surface area contributed by atoms with E-state index in [0.717, 1.165) is 19.4 Å². The van der Waals surface area contributed by atoms with Crippen LogP contribution < -0.4 is 10.9 Å². The fourth-order valence-corrected chi connectivity index (χ4v) is 1.96. The Labute approximate surface area is 114 Å². The molecule has 0 aliphatic heterocycles. The summed E-state index contributed by atoms with van der Waals surface area (Å²) in [7, 11) is 0. The number of hydrogen-bond donors (Lipinski definition) is 3. The number of H-pyrrole nitrogens is 1. The zero-order valence-corrected chi connectivity index (χ0v) is 12.2. The van der Waals surface area contributed by atoms with E-state index in [1.807, 2.05) is 22.6 Å². The second-order valence-corrected chi connectivity index (χ2v) is 5.82. The molecule has 0 radical (unpaired) electrons. The summed E-state index contributed by atoms with van der Waals surface area (Å²) in [5.41, 5.74) is -0.0629. The fourth-order valence-electron chi connectivity index (χ4n) is 1.48. The average molecular weight is 351 g/mol. The quantitative estimate of drug-likeness (QED) is 0.680. The molecule has 1 heterocycles. The maximum Gasteiger partial charge on any atom is 0.266 e. The van der Waals surface area contributed by atoms with E-state index in [-0.39, 0.29) is 17.6 Å². The predicted molar refractivity (Wildman–Crippen MR) is 76.2 cm³/mol. The SMILES string of the molecule is CC(C)(CCCO)CNc1nc[nH]c(=O)c1I. The summed E-state index contributed by atoms with van der Waals surface area (Å²) in [6.45, 7) is 5.18. The lowest BCUT2D eigenvalue weighted by molar-refractivity contribution is 0.248. The second kappa shape index (κ2) is 6.34. The lowest BCUT2D eigenvalue weighted by atomic mass is 9.88. The van der Waals surface area contributed by atoms with Gasteiger partial charge in [-0.3, -0.25) is 4.79 Å². The van der Waals surface area contributed by atoms with Crippen molar-refractivity contribution in [2.24, 2.45) is 5.41 Å². The summed E-state index contributed by atoms with van der Waals surface area (Å²) in [4.78, 5) is 18.0. The number of halogens is 1. The van der Waals surface area contributed by atoms with E-state index in [4.69, 9.17) is 5.11 Å². The molecule has 17 heavy (non-hydrogen) atoms. The molecule has 0 aliphatic rings. The van der Waals surface area contributed by atoms with Gasteiger partial charge in [0, 0.05) is 13.2 Å². The van der Waals surface area contributed by atoms with Crippen molar-refractivity contribution in [3.8, 4) is 0 Å². The summed E-state index contributed by atoms with van der Waals surface area (Å²) in [6.07, 6.45) is 3.11.